The zero-order valence-corrected chi connectivity index (χ0v) is 8.45. The molecule has 1 aromatic carbocycles. The van der Waals surface area contributed by atoms with Crippen molar-refractivity contribution in [2.75, 3.05) is 6.79 Å². The highest BCUT2D eigenvalue weighted by atomic mass is 16.7. The van der Waals surface area contributed by atoms with Crippen LogP contribution in [0.1, 0.15) is 16.7 Å². The summed E-state index contributed by atoms with van der Waals surface area (Å²) in [6.07, 6.45) is -0.00991. The van der Waals surface area contributed by atoms with Gasteiger partial charge in [-0.15, -0.1) is 0 Å². The number of carboxylic acids is 1. The van der Waals surface area contributed by atoms with Crippen molar-refractivity contribution in [1.82, 2.24) is 0 Å². The standard InChI is InChI=1S/C11H12O4/c1-7-2-8(4-10(12)13)11-9(3-7)5-14-6-15-11/h2-3H,4-6H2,1H3,(H,12,13). The highest BCUT2D eigenvalue weighted by Gasteiger charge is 2.17. The fraction of sp³-hybridized carbons (Fsp3) is 0.364. The summed E-state index contributed by atoms with van der Waals surface area (Å²) in [4.78, 5) is 10.7. The highest BCUT2D eigenvalue weighted by molar-refractivity contribution is 5.72. The van der Waals surface area contributed by atoms with Crippen molar-refractivity contribution in [3.63, 3.8) is 0 Å². The molecule has 1 aliphatic rings. The number of hydrogen-bond donors (Lipinski definition) is 1. The first-order valence-electron chi connectivity index (χ1n) is 4.71. The molecule has 1 aromatic rings. The van der Waals surface area contributed by atoms with Crippen LogP contribution in [-0.2, 0) is 22.6 Å². The first-order valence-corrected chi connectivity index (χ1v) is 4.71. The molecule has 2 rings (SSSR count). The topological polar surface area (TPSA) is 55.8 Å². The van der Waals surface area contributed by atoms with E-state index < -0.39 is 5.97 Å². The minimum absolute atomic E-state index is 0.00991. The Bertz CT molecular complexity index is 398. The number of rotatable bonds is 2. The number of aryl methyl sites for hydroxylation is 1. The fourth-order valence-corrected chi connectivity index (χ4v) is 1.77. The molecule has 0 fully saturated rings. The van der Waals surface area contributed by atoms with Crippen molar-refractivity contribution in [2.24, 2.45) is 0 Å². The van der Waals surface area contributed by atoms with Gasteiger partial charge in [-0.3, -0.25) is 4.79 Å². The highest BCUT2D eigenvalue weighted by Crippen LogP contribution is 2.29. The number of benzene rings is 1. The third-order valence-corrected chi connectivity index (χ3v) is 2.27. The van der Waals surface area contributed by atoms with E-state index in [4.69, 9.17) is 14.6 Å². The van der Waals surface area contributed by atoms with Crippen LogP contribution in [0.3, 0.4) is 0 Å². The summed E-state index contributed by atoms with van der Waals surface area (Å²) in [5.74, 6) is -0.174. The van der Waals surface area contributed by atoms with Gasteiger partial charge in [-0.25, -0.2) is 0 Å². The van der Waals surface area contributed by atoms with Crippen LogP contribution in [0.15, 0.2) is 12.1 Å². The van der Waals surface area contributed by atoms with Crippen molar-refractivity contribution in [1.29, 1.82) is 0 Å². The summed E-state index contributed by atoms with van der Waals surface area (Å²) < 4.78 is 10.5. The molecule has 0 unspecified atom stereocenters. The van der Waals surface area contributed by atoms with E-state index in [0.717, 1.165) is 16.7 Å². The molecule has 0 aromatic heterocycles. The Morgan fingerprint density at radius 2 is 2.33 bits per heavy atom. The molecule has 0 atom stereocenters. The molecule has 0 bridgehead atoms. The molecular weight excluding hydrogens is 196 g/mol. The average molecular weight is 208 g/mol. The van der Waals surface area contributed by atoms with Crippen molar-refractivity contribution in [3.05, 3.63) is 28.8 Å². The predicted molar refractivity (Wildman–Crippen MR) is 52.8 cm³/mol. The Morgan fingerprint density at radius 1 is 1.53 bits per heavy atom. The van der Waals surface area contributed by atoms with Gasteiger partial charge in [0.15, 0.2) is 6.79 Å². The van der Waals surface area contributed by atoms with Gasteiger partial charge in [-0.1, -0.05) is 17.7 Å². The summed E-state index contributed by atoms with van der Waals surface area (Å²) >= 11 is 0. The van der Waals surface area contributed by atoms with Crippen molar-refractivity contribution < 1.29 is 19.4 Å². The maximum Gasteiger partial charge on any atom is 0.307 e. The first-order chi connectivity index (χ1) is 7.16. The second-order valence-electron chi connectivity index (χ2n) is 3.59. The Morgan fingerprint density at radius 3 is 3.07 bits per heavy atom. The molecule has 0 saturated heterocycles. The van der Waals surface area contributed by atoms with E-state index in [-0.39, 0.29) is 13.2 Å². The monoisotopic (exact) mass is 208 g/mol. The fourth-order valence-electron chi connectivity index (χ4n) is 1.77. The van der Waals surface area contributed by atoms with E-state index in [9.17, 15) is 4.79 Å². The third kappa shape index (κ3) is 2.10. The molecule has 0 amide bonds. The Labute approximate surface area is 87.4 Å². The van der Waals surface area contributed by atoms with Crippen LogP contribution < -0.4 is 4.74 Å². The molecule has 0 aliphatic carbocycles. The molecule has 0 radical (unpaired) electrons. The second kappa shape index (κ2) is 3.90. The lowest BCUT2D eigenvalue weighted by atomic mass is 10.0. The molecule has 1 N–H and O–H groups in total. The third-order valence-electron chi connectivity index (χ3n) is 2.27. The summed E-state index contributed by atoms with van der Waals surface area (Å²) in [5, 5.41) is 8.77. The zero-order valence-electron chi connectivity index (χ0n) is 8.45. The van der Waals surface area contributed by atoms with E-state index >= 15 is 0 Å². The molecule has 15 heavy (non-hydrogen) atoms. The van der Waals surface area contributed by atoms with E-state index in [1.807, 2.05) is 19.1 Å². The maximum atomic E-state index is 10.7. The molecule has 4 nitrogen and oxygen atoms in total. The van der Waals surface area contributed by atoms with Crippen LogP contribution in [-0.4, -0.2) is 17.9 Å². The van der Waals surface area contributed by atoms with Gasteiger partial charge in [0, 0.05) is 11.1 Å². The van der Waals surface area contributed by atoms with Crippen molar-refractivity contribution >= 4 is 5.97 Å². The Kier molecular flexibility index (Phi) is 2.60. The number of ether oxygens (including phenoxy) is 2. The van der Waals surface area contributed by atoms with Crippen molar-refractivity contribution in [2.45, 2.75) is 20.0 Å². The quantitative estimate of drug-likeness (QED) is 0.800. The maximum absolute atomic E-state index is 10.7. The number of carboxylic acid groups (broad SMARTS) is 1. The minimum Gasteiger partial charge on any atom is -0.481 e. The summed E-state index contributed by atoms with van der Waals surface area (Å²) in [5.41, 5.74) is 2.68. The normalized spacial score (nSPS) is 14.2. The van der Waals surface area contributed by atoms with Gasteiger partial charge in [0.2, 0.25) is 0 Å². The molecule has 4 heteroatoms. The van der Waals surface area contributed by atoms with Crippen LogP contribution in [0.4, 0.5) is 0 Å². The van der Waals surface area contributed by atoms with Crippen LogP contribution in [0.2, 0.25) is 0 Å². The number of hydrogen-bond acceptors (Lipinski definition) is 3. The Balaban J connectivity index is 2.43. The smallest absolute Gasteiger partial charge is 0.307 e. The van der Waals surface area contributed by atoms with E-state index in [0.29, 0.717) is 12.4 Å². The lowest BCUT2D eigenvalue weighted by Crippen LogP contribution is -2.14. The number of carbonyl (C=O) groups is 1. The Hall–Kier alpha value is -1.55. The van der Waals surface area contributed by atoms with Crippen LogP contribution in [0, 0.1) is 6.92 Å². The number of aliphatic carboxylic acids is 1. The van der Waals surface area contributed by atoms with Gasteiger partial charge in [-0.05, 0) is 6.92 Å². The molecule has 1 aliphatic heterocycles. The van der Waals surface area contributed by atoms with Gasteiger partial charge in [-0.2, -0.15) is 0 Å². The lowest BCUT2D eigenvalue weighted by molar-refractivity contribution is -0.136. The second-order valence-corrected chi connectivity index (χ2v) is 3.59. The summed E-state index contributed by atoms with van der Waals surface area (Å²) in [6.45, 7) is 2.62. The van der Waals surface area contributed by atoms with Gasteiger partial charge in [0.05, 0.1) is 13.0 Å². The van der Waals surface area contributed by atoms with Gasteiger partial charge in [0.1, 0.15) is 5.75 Å². The van der Waals surface area contributed by atoms with Gasteiger partial charge < -0.3 is 14.6 Å². The molecule has 1 heterocycles. The van der Waals surface area contributed by atoms with E-state index in [2.05, 4.69) is 0 Å². The van der Waals surface area contributed by atoms with Gasteiger partial charge >= 0.3 is 5.97 Å². The van der Waals surface area contributed by atoms with E-state index in [1.165, 1.54) is 0 Å². The molecule has 0 saturated carbocycles. The van der Waals surface area contributed by atoms with Crippen molar-refractivity contribution in [3.8, 4) is 5.75 Å². The first kappa shape index (κ1) is 9.98. The number of fused-ring (bicyclic) bond motifs is 1. The zero-order chi connectivity index (χ0) is 10.8. The largest absolute Gasteiger partial charge is 0.481 e. The predicted octanol–water partition coefficient (Wildman–Crippen LogP) is 1.49. The molecule has 80 valence electrons. The van der Waals surface area contributed by atoms with E-state index in [1.54, 1.807) is 0 Å². The SMILES string of the molecule is Cc1cc2c(c(CC(=O)O)c1)OCOC2. The van der Waals surface area contributed by atoms with Gasteiger partial charge in [0.25, 0.3) is 0 Å². The molecular formula is C11H12O4. The summed E-state index contributed by atoms with van der Waals surface area (Å²) in [6, 6.07) is 3.80. The lowest BCUT2D eigenvalue weighted by Gasteiger charge is -2.20. The summed E-state index contributed by atoms with van der Waals surface area (Å²) in [7, 11) is 0. The average Bonchev–Trinajstić information content (AvgIpc) is 2.16. The minimum atomic E-state index is -0.849. The molecule has 0 spiro atoms. The van der Waals surface area contributed by atoms with Crippen LogP contribution in [0.5, 0.6) is 5.75 Å². The van der Waals surface area contributed by atoms with Crippen LogP contribution >= 0.6 is 0 Å². The van der Waals surface area contributed by atoms with Crippen LogP contribution in [0.25, 0.3) is 0 Å².